The SMILES string of the molecule is CC(C)C[C@@H]1CN(C(=O)[C@H](N)Cc2ccc(Cl)cc2Cl)[C@@H](CCCN(C)c2nncs2)CN1C(=O)CCc1ccccc1. The maximum absolute atomic E-state index is 14.0. The Morgan fingerprint density at radius 2 is 1.84 bits per heavy atom. The third-order valence-corrected chi connectivity index (χ3v) is 9.38. The van der Waals surface area contributed by atoms with Gasteiger partial charge in [-0.1, -0.05) is 84.8 Å². The first-order valence-electron chi connectivity index (χ1n) is 14.9. The summed E-state index contributed by atoms with van der Waals surface area (Å²) in [5.41, 5.74) is 10.2. The Balaban J connectivity index is 1.51. The van der Waals surface area contributed by atoms with Gasteiger partial charge in [0.15, 0.2) is 0 Å². The molecule has 2 aromatic carbocycles. The number of aryl methyl sites for hydroxylation is 1. The van der Waals surface area contributed by atoms with E-state index in [1.54, 1.807) is 17.6 Å². The van der Waals surface area contributed by atoms with Gasteiger partial charge in [0.1, 0.15) is 5.51 Å². The van der Waals surface area contributed by atoms with E-state index in [0.717, 1.165) is 42.1 Å². The van der Waals surface area contributed by atoms with Gasteiger partial charge in [-0.15, -0.1) is 10.2 Å². The van der Waals surface area contributed by atoms with Crippen molar-refractivity contribution in [1.82, 2.24) is 20.0 Å². The molecule has 1 aliphatic rings. The predicted molar refractivity (Wildman–Crippen MR) is 176 cm³/mol. The molecule has 2 amide bonds. The smallest absolute Gasteiger partial charge is 0.240 e. The van der Waals surface area contributed by atoms with E-state index >= 15 is 0 Å². The highest BCUT2D eigenvalue weighted by molar-refractivity contribution is 7.13. The predicted octanol–water partition coefficient (Wildman–Crippen LogP) is 5.72. The lowest BCUT2D eigenvalue weighted by atomic mass is 9.93. The molecule has 3 atom stereocenters. The Morgan fingerprint density at radius 3 is 2.51 bits per heavy atom. The minimum atomic E-state index is -0.759. The quantitative estimate of drug-likeness (QED) is 0.256. The van der Waals surface area contributed by atoms with E-state index < -0.39 is 6.04 Å². The monoisotopic (exact) mass is 644 g/mol. The number of nitrogens with two attached hydrogens (primary N) is 1. The summed E-state index contributed by atoms with van der Waals surface area (Å²) in [6.45, 7) is 6.03. The summed E-state index contributed by atoms with van der Waals surface area (Å²) in [5, 5.41) is 9.99. The maximum atomic E-state index is 14.0. The molecule has 2 heterocycles. The lowest BCUT2D eigenvalue weighted by Gasteiger charge is -2.48. The zero-order chi connectivity index (χ0) is 30.9. The van der Waals surface area contributed by atoms with Crippen LogP contribution in [0, 0.1) is 5.92 Å². The zero-order valence-electron chi connectivity index (χ0n) is 25.2. The van der Waals surface area contributed by atoms with Crippen molar-refractivity contribution in [3.8, 4) is 0 Å². The first-order valence-corrected chi connectivity index (χ1v) is 16.6. The molecule has 0 spiro atoms. The Labute approximate surface area is 269 Å². The fourth-order valence-corrected chi connectivity index (χ4v) is 6.81. The molecule has 0 aliphatic carbocycles. The van der Waals surface area contributed by atoms with E-state index in [0.29, 0.717) is 48.3 Å². The van der Waals surface area contributed by atoms with Gasteiger partial charge in [0.05, 0.1) is 6.04 Å². The van der Waals surface area contributed by atoms with Gasteiger partial charge < -0.3 is 20.4 Å². The number of hydrogen-bond acceptors (Lipinski definition) is 7. The zero-order valence-corrected chi connectivity index (χ0v) is 27.5. The Hall–Kier alpha value is -2.72. The molecule has 0 radical (unpaired) electrons. The van der Waals surface area contributed by atoms with Gasteiger partial charge in [-0.2, -0.15) is 0 Å². The number of halogens is 2. The fourth-order valence-electron chi connectivity index (χ4n) is 5.78. The summed E-state index contributed by atoms with van der Waals surface area (Å²) in [4.78, 5) is 33.8. The molecule has 1 aromatic heterocycles. The standard InChI is InChI=1S/C32H42Cl2N6O2S/c1-22(2)16-27-20-40(31(42)29(35)17-24-12-13-25(33)18-28(24)34)26(10-7-15-38(3)32-37-36-21-43-32)19-39(27)30(41)14-11-23-8-5-4-6-9-23/h4-6,8-9,12-13,18,21-22,26-27,29H,7,10-11,14-17,19-20,35H2,1-3H3/t26-,27+,29+/m0/s1. The van der Waals surface area contributed by atoms with Crippen molar-refractivity contribution in [2.24, 2.45) is 11.7 Å². The number of rotatable bonds is 13. The summed E-state index contributed by atoms with van der Waals surface area (Å²) in [6.07, 6.45) is 3.81. The third kappa shape index (κ3) is 9.38. The van der Waals surface area contributed by atoms with Crippen LogP contribution in [-0.4, -0.2) is 76.6 Å². The molecule has 43 heavy (non-hydrogen) atoms. The highest BCUT2D eigenvalue weighted by Crippen LogP contribution is 2.27. The van der Waals surface area contributed by atoms with Crippen LogP contribution in [0.5, 0.6) is 0 Å². The average Bonchev–Trinajstić information content (AvgIpc) is 3.53. The number of benzene rings is 2. The van der Waals surface area contributed by atoms with Crippen LogP contribution in [0.3, 0.4) is 0 Å². The van der Waals surface area contributed by atoms with Crippen molar-refractivity contribution >= 4 is 51.5 Å². The molecule has 0 unspecified atom stereocenters. The summed E-state index contributed by atoms with van der Waals surface area (Å²) in [6, 6.07) is 14.4. The highest BCUT2D eigenvalue weighted by Gasteiger charge is 2.39. The molecule has 1 aliphatic heterocycles. The molecule has 4 rings (SSSR count). The van der Waals surface area contributed by atoms with E-state index in [1.807, 2.05) is 41.1 Å². The normalized spacial score (nSPS) is 17.7. The van der Waals surface area contributed by atoms with Gasteiger partial charge in [-0.3, -0.25) is 9.59 Å². The second-order valence-corrected chi connectivity index (χ2v) is 13.4. The first-order chi connectivity index (χ1) is 20.6. The lowest BCUT2D eigenvalue weighted by molar-refractivity contribution is -0.148. The van der Waals surface area contributed by atoms with Crippen molar-refractivity contribution in [2.75, 3.05) is 31.6 Å². The molecule has 1 saturated heterocycles. The van der Waals surface area contributed by atoms with Gasteiger partial charge in [0, 0.05) is 55.2 Å². The van der Waals surface area contributed by atoms with Crippen LogP contribution in [0.4, 0.5) is 5.13 Å². The number of anilines is 1. The molecule has 11 heteroatoms. The van der Waals surface area contributed by atoms with Gasteiger partial charge in [0.25, 0.3) is 0 Å². The summed E-state index contributed by atoms with van der Waals surface area (Å²) in [5.74, 6) is 0.387. The van der Waals surface area contributed by atoms with Crippen molar-refractivity contribution in [3.63, 3.8) is 0 Å². The summed E-state index contributed by atoms with van der Waals surface area (Å²) in [7, 11) is 1.99. The lowest BCUT2D eigenvalue weighted by Crippen LogP contribution is -2.63. The second kappa shape index (κ2) is 15.8. The van der Waals surface area contributed by atoms with E-state index in [1.165, 1.54) is 11.3 Å². The molecule has 3 aromatic rings. The van der Waals surface area contributed by atoms with Crippen LogP contribution in [0.25, 0.3) is 0 Å². The minimum Gasteiger partial charge on any atom is -0.350 e. The van der Waals surface area contributed by atoms with Gasteiger partial charge >= 0.3 is 0 Å². The maximum Gasteiger partial charge on any atom is 0.240 e. The van der Waals surface area contributed by atoms with Crippen LogP contribution in [0.2, 0.25) is 10.0 Å². The van der Waals surface area contributed by atoms with Crippen LogP contribution in [0.15, 0.2) is 54.0 Å². The largest absolute Gasteiger partial charge is 0.350 e. The Bertz CT molecular complexity index is 1330. The van der Waals surface area contributed by atoms with Gasteiger partial charge in [-0.25, -0.2) is 0 Å². The number of carbonyl (C=O) groups is 2. The Kier molecular flexibility index (Phi) is 12.2. The van der Waals surface area contributed by atoms with Crippen molar-refractivity contribution in [2.45, 2.75) is 70.5 Å². The second-order valence-electron chi connectivity index (χ2n) is 11.8. The molecule has 232 valence electrons. The van der Waals surface area contributed by atoms with Crippen LogP contribution in [-0.2, 0) is 22.4 Å². The van der Waals surface area contributed by atoms with E-state index in [-0.39, 0.29) is 23.9 Å². The van der Waals surface area contributed by atoms with E-state index in [2.05, 4.69) is 41.1 Å². The van der Waals surface area contributed by atoms with Crippen LogP contribution in [0.1, 0.15) is 50.7 Å². The number of amides is 2. The molecular weight excluding hydrogens is 603 g/mol. The van der Waals surface area contributed by atoms with E-state index in [9.17, 15) is 9.59 Å². The molecular formula is C32H42Cl2N6O2S. The average molecular weight is 646 g/mol. The van der Waals surface area contributed by atoms with Crippen molar-refractivity contribution < 1.29 is 9.59 Å². The number of aromatic nitrogens is 2. The van der Waals surface area contributed by atoms with Gasteiger partial charge in [0.2, 0.25) is 16.9 Å². The molecule has 2 N–H and O–H groups in total. The molecule has 0 saturated carbocycles. The summed E-state index contributed by atoms with van der Waals surface area (Å²) < 4.78 is 0. The van der Waals surface area contributed by atoms with Gasteiger partial charge in [-0.05, 0) is 61.3 Å². The minimum absolute atomic E-state index is 0.0705. The topological polar surface area (TPSA) is 95.7 Å². The fraction of sp³-hybridized carbons (Fsp3) is 0.500. The Morgan fingerprint density at radius 1 is 1.09 bits per heavy atom. The molecule has 8 nitrogen and oxygen atoms in total. The molecule has 1 fully saturated rings. The third-order valence-electron chi connectivity index (χ3n) is 7.99. The number of nitrogens with zero attached hydrogens (tertiary/aromatic N) is 5. The van der Waals surface area contributed by atoms with Crippen molar-refractivity contribution in [1.29, 1.82) is 0 Å². The highest BCUT2D eigenvalue weighted by atomic mass is 35.5. The molecule has 0 bridgehead atoms. The summed E-state index contributed by atoms with van der Waals surface area (Å²) >= 11 is 14.0. The van der Waals surface area contributed by atoms with E-state index in [4.69, 9.17) is 28.9 Å². The van der Waals surface area contributed by atoms with Crippen LogP contribution >= 0.6 is 34.5 Å². The number of piperazine rings is 1. The number of hydrogen-bond donors (Lipinski definition) is 1. The van der Waals surface area contributed by atoms with Crippen molar-refractivity contribution in [3.05, 3.63) is 75.2 Å². The van der Waals surface area contributed by atoms with Crippen LogP contribution < -0.4 is 10.6 Å². The first kappa shape index (κ1) is 33.2. The number of carbonyl (C=O) groups excluding carboxylic acids is 2.